The second-order valence-corrected chi connectivity index (χ2v) is 4.57. The van der Waals surface area contributed by atoms with Crippen LogP contribution in [0.1, 0.15) is 10.4 Å². The SMILES string of the molecule is O=C(c1cc([N+](=O)[O-])cc(Cl)c1Cl)N(CCO)CCO. The summed E-state index contributed by atoms with van der Waals surface area (Å²) in [5, 5.41) is 28.3. The summed E-state index contributed by atoms with van der Waals surface area (Å²) in [5.41, 5.74) is -0.511. The maximum absolute atomic E-state index is 12.2. The van der Waals surface area contributed by atoms with Gasteiger partial charge in [-0.2, -0.15) is 0 Å². The average Bonchev–Trinajstić information content (AvgIpc) is 2.40. The number of hydrogen-bond acceptors (Lipinski definition) is 5. The molecule has 0 spiro atoms. The number of halogens is 2. The highest BCUT2D eigenvalue weighted by Gasteiger charge is 2.23. The largest absolute Gasteiger partial charge is 0.395 e. The van der Waals surface area contributed by atoms with E-state index < -0.39 is 10.8 Å². The van der Waals surface area contributed by atoms with Gasteiger partial charge in [0.25, 0.3) is 11.6 Å². The van der Waals surface area contributed by atoms with E-state index in [1.165, 1.54) is 0 Å². The molecule has 0 aromatic heterocycles. The van der Waals surface area contributed by atoms with E-state index in [4.69, 9.17) is 33.4 Å². The molecular formula is C11H12Cl2N2O5. The van der Waals surface area contributed by atoms with E-state index in [9.17, 15) is 14.9 Å². The minimum Gasteiger partial charge on any atom is -0.395 e. The van der Waals surface area contributed by atoms with Crippen LogP contribution in [-0.2, 0) is 0 Å². The highest BCUT2D eigenvalue weighted by atomic mass is 35.5. The van der Waals surface area contributed by atoms with Crippen molar-refractivity contribution in [1.29, 1.82) is 0 Å². The minimum atomic E-state index is -0.693. The Bertz CT molecular complexity index is 518. The summed E-state index contributed by atoms with van der Waals surface area (Å²) in [4.78, 5) is 23.4. The first-order valence-electron chi connectivity index (χ1n) is 5.56. The molecule has 0 saturated heterocycles. The molecule has 0 unspecified atom stereocenters. The summed E-state index contributed by atoms with van der Waals surface area (Å²) in [6, 6.07) is 2.06. The standard InChI is InChI=1S/C11H12Cl2N2O5/c12-9-6-7(15(19)20)5-8(10(9)13)11(18)14(1-3-16)2-4-17/h5-6,16-17H,1-4H2. The van der Waals surface area contributed by atoms with E-state index in [-0.39, 0.29) is 47.6 Å². The van der Waals surface area contributed by atoms with Crippen LogP contribution in [0.5, 0.6) is 0 Å². The molecule has 1 aromatic carbocycles. The van der Waals surface area contributed by atoms with E-state index in [0.29, 0.717) is 0 Å². The number of nitrogens with zero attached hydrogens (tertiary/aromatic N) is 2. The van der Waals surface area contributed by atoms with Crippen LogP contribution in [0.3, 0.4) is 0 Å². The van der Waals surface area contributed by atoms with E-state index >= 15 is 0 Å². The van der Waals surface area contributed by atoms with Gasteiger partial charge in [-0.3, -0.25) is 14.9 Å². The maximum Gasteiger partial charge on any atom is 0.271 e. The number of carbonyl (C=O) groups is 1. The number of aliphatic hydroxyl groups is 2. The number of rotatable bonds is 6. The fourth-order valence-electron chi connectivity index (χ4n) is 1.56. The van der Waals surface area contributed by atoms with Crippen molar-refractivity contribution in [1.82, 2.24) is 4.90 Å². The van der Waals surface area contributed by atoms with Crippen molar-refractivity contribution in [3.8, 4) is 0 Å². The molecule has 110 valence electrons. The van der Waals surface area contributed by atoms with E-state index in [2.05, 4.69) is 0 Å². The number of carbonyl (C=O) groups excluding carboxylic acids is 1. The van der Waals surface area contributed by atoms with Crippen LogP contribution >= 0.6 is 23.2 Å². The summed E-state index contributed by atoms with van der Waals surface area (Å²) < 4.78 is 0. The molecule has 1 aromatic rings. The lowest BCUT2D eigenvalue weighted by Gasteiger charge is -2.21. The number of nitro benzene ring substituents is 1. The van der Waals surface area contributed by atoms with Crippen molar-refractivity contribution in [3.63, 3.8) is 0 Å². The molecule has 0 bridgehead atoms. The topological polar surface area (TPSA) is 104 Å². The van der Waals surface area contributed by atoms with E-state index in [0.717, 1.165) is 17.0 Å². The second-order valence-electron chi connectivity index (χ2n) is 3.79. The van der Waals surface area contributed by atoms with Crippen LogP contribution in [-0.4, -0.2) is 52.2 Å². The second kappa shape index (κ2) is 7.39. The third-order valence-corrected chi connectivity index (χ3v) is 3.28. The van der Waals surface area contributed by atoms with Gasteiger partial charge in [0.1, 0.15) is 0 Å². The van der Waals surface area contributed by atoms with E-state index in [1.807, 2.05) is 0 Å². The van der Waals surface area contributed by atoms with Crippen LogP contribution in [0.15, 0.2) is 12.1 Å². The maximum atomic E-state index is 12.2. The average molecular weight is 323 g/mol. The zero-order valence-corrected chi connectivity index (χ0v) is 11.8. The first-order valence-corrected chi connectivity index (χ1v) is 6.32. The monoisotopic (exact) mass is 322 g/mol. The molecule has 0 aliphatic heterocycles. The van der Waals surface area contributed by atoms with Crippen molar-refractivity contribution >= 4 is 34.8 Å². The molecular weight excluding hydrogens is 311 g/mol. The molecule has 1 amide bonds. The Kier molecular flexibility index (Phi) is 6.15. The Balaban J connectivity index is 3.22. The number of non-ortho nitro benzene ring substituents is 1. The Labute approximate surface area is 124 Å². The fraction of sp³-hybridized carbons (Fsp3) is 0.364. The molecule has 7 nitrogen and oxygen atoms in total. The molecule has 0 radical (unpaired) electrons. The van der Waals surface area contributed by atoms with E-state index in [1.54, 1.807) is 0 Å². The number of amides is 1. The van der Waals surface area contributed by atoms with Gasteiger partial charge in [0.05, 0.1) is 33.7 Å². The van der Waals surface area contributed by atoms with Crippen LogP contribution < -0.4 is 0 Å². The van der Waals surface area contributed by atoms with Crippen LogP contribution in [0.25, 0.3) is 0 Å². The third-order valence-electron chi connectivity index (χ3n) is 2.48. The lowest BCUT2D eigenvalue weighted by atomic mass is 10.1. The van der Waals surface area contributed by atoms with Crippen molar-refractivity contribution in [2.75, 3.05) is 26.3 Å². The Morgan fingerprint density at radius 1 is 1.25 bits per heavy atom. The summed E-state index contributed by atoms with van der Waals surface area (Å²) in [5.74, 6) is -0.649. The number of aliphatic hydroxyl groups excluding tert-OH is 2. The third kappa shape index (κ3) is 3.80. The van der Waals surface area contributed by atoms with Crippen LogP contribution in [0.2, 0.25) is 10.0 Å². The predicted octanol–water partition coefficient (Wildman–Crippen LogP) is 1.33. The number of hydrogen-bond donors (Lipinski definition) is 2. The quantitative estimate of drug-likeness (QED) is 0.607. The zero-order chi connectivity index (χ0) is 15.3. The molecule has 0 fully saturated rings. The highest BCUT2D eigenvalue weighted by Crippen LogP contribution is 2.31. The molecule has 20 heavy (non-hydrogen) atoms. The molecule has 1 rings (SSSR count). The van der Waals surface area contributed by atoms with Crippen molar-refractivity contribution in [2.24, 2.45) is 0 Å². The molecule has 0 saturated carbocycles. The number of nitro groups is 1. The zero-order valence-electron chi connectivity index (χ0n) is 10.3. The van der Waals surface area contributed by atoms with Gasteiger partial charge >= 0.3 is 0 Å². The molecule has 2 N–H and O–H groups in total. The van der Waals surface area contributed by atoms with Gasteiger partial charge in [-0.15, -0.1) is 0 Å². The van der Waals surface area contributed by atoms with Gasteiger partial charge in [-0.25, -0.2) is 0 Å². The summed E-state index contributed by atoms with van der Waals surface area (Å²) in [7, 11) is 0. The Hall–Kier alpha value is -1.41. The van der Waals surface area contributed by atoms with Crippen molar-refractivity contribution in [3.05, 3.63) is 37.9 Å². The van der Waals surface area contributed by atoms with Gasteiger partial charge in [0.2, 0.25) is 0 Å². The van der Waals surface area contributed by atoms with Crippen molar-refractivity contribution < 1.29 is 19.9 Å². The van der Waals surface area contributed by atoms with Crippen LogP contribution in [0, 0.1) is 10.1 Å². The van der Waals surface area contributed by atoms with Gasteiger partial charge in [0, 0.05) is 25.2 Å². The fourth-order valence-corrected chi connectivity index (χ4v) is 1.97. The van der Waals surface area contributed by atoms with Gasteiger partial charge in [-0.05, 0) is 0 Å². The first kappa shape index (κ1) is 16.6. The first-order chi connectivity index (χ1) is 9.42. The summed E-state index contributed by atoms with van der Waals surface area (Å²) in [6.45, 7) is -0.690. The van der Waals surface area contributed by atoms with Gasteiger partial charge in [-0.1, -0.05) is 23.2 Å². The molecule has 0 heterocycles. The molecule has 0 atom stereocenters. The summed E-state index contributed by atoms with van der Waals surface area (Å²) >= 11 is 11.6. The Morgan fingerprint density at radius 2 is 1.80 bits per heavy atom. The normalized spacial score (nSPS) is 10.4. The molecule has 0 aliphatic carbocycles. The number of benzene rings is 1. The molecule has 9 heteroatoms. The predicted molar refractivity (Wildman–Crippen MR) is 73.2 cm³/mol. The summed E-state index contributed by atoms with van der Waals surface area (Å²) in [6.07, 6.45) is 0. The van der Waals surface area contributed by atoms with Crippen molar-refractivity contribution in [2.45, 2.75) is 0 Å². The smallest absolute Gasteiger partial charge is 0.271 e. The molecule has 0 aliphatic rings. The van der Waals surface area contributed by atoms with Gasteiger partial charge in [0.15, 0.2) is 0 Å². The minimum absolute atomic E-state index is 0.0317. The van der Waals surface area contributed by atoms with Gasteiger partial charge < -0.3 is 15.1 Å². The van der Waals surface area contributed by atoms with Crippen LogP contribution in [0.4, 0.5) is 5.69 Å². The highest BCUT2D eigenvalue weighted by molar-refractivity contribution is 6.44. The lowest BCUT2D eigenvalue weighted by Crippen LogP contribution is -2.36. The lowest BCUT2D eigenvalue weighted by molar-refractivity contribution is -0.384. The Morgan fingerprint density at radius 3 is 2.25 bits per heavy atom.